The van der Waals surface area contributed by atoms with E-state index in [9.17, 15) is 0 Å². The third kappa shape index (κ3) is 6.53. The number of rotatable bonds is 8. The molecule has 0 aliphatic heterocycles. The molecular formula is C30H44N2O. The third-order valence-electron chi connectivity index (χ3n) is 8.35. The lowest BCUT2D eigenvalue weighted by atomic mass is 9.77. The molecule has 0 spiro atoms. The fourth-order valence-electron chi connectivity index (χ4n) is 6.30. The summed E-state index contributed by atoms with van der Waals surface area (Å²) in [6, 6.07) is 17.0. The first kappa shape index (κ1) is 24.1. The summed E-state index contributed by atoms with van der Waals surface area (Å²) in [5, 5.41) is 0. The molecule has 2 aliphatic rings. The van der Waals surface area contributed by atoms with Crippen molar-refractivity contribution in [2.45, 2.75) is 102 Å². The number of benzene rings is 2. The standard InChI is InChI=1S/C30H44N2O/c1-21(23-11-15-27(31)16-12-23)19-25-7-3-5-9-29(25)33-30-10-6-4-8-26(30)20-22(2)24-13-17-28(32)18-14-24/h11-18,21-22,25-26,29-30H,3-10,19-20,31-32H2,1-2H3/t21-,22-,25?,26?,29?,30?/m1/s1. The molecule has 3 heteroatoms. The summed E-state index contributed by atoms with van der Waals surface area (Å²) >= 11 is 0. The van der Waals surface area contributed by atoms with Crippen LogP contribution in [-0.4, -0.2) is 12.2 Å². The second-order valence-corrected chi connectivity index (χ2v) is 10.9. The molecule has 2 aliphatic carbocycles. The van der Waals surface area contributed by atoms with E-state index in [-0.39, 0.29) is 0 Å². The highest BCUT2D eigenvalue weighted by Crippen LogP contribution is 2.40. The Balaban J connectivity index is 1.38. The molecule has 6 atom stereocenters. The van der Waals surface area contributed by atoms with E-state index >= 15 is 0 Å². The molecule has 0 bridgehead atoms. The van der Waals surface area contributed by atoms with Gasteiger partial charge in [0.05, 0.1) is 12.2 Å². The average Bonchev–Trinajstić information content (AvgIpc) is 2.82. The van der Waals surface area contributed by atoms with E-state index in [0.717, 1.165) is 11.4 Å². The molecule has 0 saturated heterocycles. The van der Waals surface area contributed by atoms with Gasteiger partial charge in [0.1, 0.15) is 0 Å². The normalized spacial score (nSPS) is 27.7. The Morgan fingerprint density at radius 2 is 1.00 bits per heavy atom. The first-order valence-corrected chi connectivity index (χ1v) is 13.4. The molecule has 3 nitrogen and oxygen atoms in total. The summed E-state index contributed by atoms with van der Waals surface area (Å²) in [6.07, 6.45) is 13.7. The van der Waals surface area contributed by atoms with Gasteiger partial charge in [0.15, 0.2) is 0 Å². The SMILES string of the molecule is C[C@H](CC1CCCCC1OC1CCCCC1C[C@@H](C)c1ccc(N)cc1)c1ccc(N)cc1. The van der Waals surface area contributed by atoms with Crippen molar-refractivity contribution in [2.24, 2.45) is 11.8 Å². The van der Waals surface area contributed by atoms with Crippen LogP contribution in [0.5, 0.6) is 0 Å². The maximum Gasteiger partial charge on any atom is 0.0607 e. The molecular weight excluding hydrogens is 404 g/mol. The van der Waals surface area contributed by atoms with E-state index in [2.05, 4.69) is 38.1 Å². The minimum Gasteiger partial charge on any atom is -0.399 e. The van der Waals surface area contributed by atoms with Crippen LogP contribution >= 0.6 is 0 Å². The van der Waals surface area contributed by atoms with Gasteiger partial charge in [-0.2, -0.15) is 0 Å². The van der Waals surface area contributed by atoms with Crippen molar-refractivity contribution in [3.8, 4) is 0 Å². The topological polar surface area (TPSA) is 61.3 Å². The molecule has 4 rings (SSSR count). The van der Waals surface area contributed by atoms with Crippen molar-refractivity contribution in [1.29, 1.82) is 0 Å². The minimum absolute atomic E-state index is 0.424. The van der Waals surface area contributed by atoms with E-state index in [1.54, 1.807) is 0 Å². The van der Waals surface area contributed by atoms with E-state index in [4.69, 9.17) is 16.2 Å². The number of anilines is 2. The van der Waals surface area contributed by atoms with Crippen LogP contribution in [0.4, 0.5) is 11.4 Å². The van der Waals surface area contributed by atoms with E-state index in [1.807, 2.05) is 24.3 Å². The monoisotopic (exact) mass is 448 g/mol. The second kappa shape index (κ2) is 11.4. The Bertz CT molecular complexity index is 775. The molecule has 4 unspecified atom stereocenters. The first-order chi connectivity index (χ1) is 16.0. The summed E-state index contributed by atoms with van der Waals surface area (Å²) in [5.74, 6) is 2.44. The lowest BCUT2D eigenvalue weighted by Gasteiger charge is -2.40. The Hall–Kier alpha value is -2.00. The minimum atomic E-state index is 0.424. The summed E-state index contributed by atoms with van der Waals surface area (Å²) < 4.78 is 7.03. The van der Waals surface area contributed by atoms with Crippen LogP contribution in [0.3, 0.4) is 0 Å². The zero-order valence-electron chi connectivity index (χ0n) is 20.7. The van der Waals surface area contributed by atoms with E-state index in [0.29, 0.717) is 35.9 Å². The van der Waals surface area contributed by atoms with Gasteiger partial charge in [0.25, 0.3) is 0 Å². The van der Waals surface area contributed by atoms with Crippen LogP contribution in [0.25, 0.3) is 0 Å². The molecule has 0 amide bonds. The van der Waals surface area contributed by atoms with Crippen LogP contribution in [-0.2, 0) is 4.74 Å². The predicted octanol–water partition coefficient (Wildman–Crippen LogP) is 7.67. The molecule has 2 fully saturated rings. The first-order valence-electron chi connectivity index (χ1n) is 13.4. The molecule has 2 aromatic carbocycles. The van der Waals surface area contributed by atoms with E-state index < -0.39 is 0 Å². The molecule has 0 radical (unpaired) electrons. The Kier molecular flexibility index (Phi) is 8.35. The van der Waals surface area contributed by atoms with Gasteiger partial charge in [-0.1, -0.05) is 63.8 Å². The summed E-state index contributed by atoms with van der Waals surface area (Å²) in [5.41, 5.74) is 16.3. The zero-order valence-corrected chi connectivity index (χ0v) is 20.7. The highest BCUT2D eigenvalue weighted by Gasteiger charge is 2.34. The number of nitrogens with two attached hydrogens (primary N) is 2. The summed E-state index contributed by atoms with van der Waals surface area (Å²) in [6.45, 7) is 4.74. The van der Waals surface area contributed by atoms with Crippen LogP contribution in [0.1, 0.15) is 101 Å². The Labute approximate surface area is 201 Å². The van der Waals surface area contributed by atoms with Crippen LogP contribution in [0.15, 0.2) is 48.5 Å². The lowest BCUT2D eigenvalue weighted by Crippen LogP contribution is -2.37. The molecule has 0 heterocycles. The third-order valence-corrected chi connectivity index (χ3v) is 8.35. The van der Waals surface area contributed by atoms with Crippen molar-refractivity contribution >= 4 is 11.4 Å². The van der Waals surface area contributed by atoms with Crippen molar-refractivity contribution in [3.05, 3.63) is 59.7 Å². The molecule has 2 aromatic rings. The smallest absolute Gasteiger partial charge is 0.0607 e. The maximum absolute atomic E-state index is 7.03. The predicted molar refractivity (Wildman–Crippen MR) is 140 cm³/mol. The van der Waals surface area contributed by atoms with Gasteiger partial charge in [-0.05, 0) is 97.6 Å². The van der Waals surface area contributed by atoms with Crippen molar-refractivity contribution < 1.29 is 4.74 Å². The summed E-state index contributed by atoms with van der Waals surface area (Å²) in [7, 11) is 0. The van der Waals surface area contributed by atoms with Gasteiger partial charge in [0, 0.05) is 11.4 Å². The average molecular weight is 449 g/mol. The maximum atomic E-state index is 7.03. The zero-order chi connectivity index (χ0) is 23.2. The number of hydrogen-bond donors (Lipinski definition) is 2. The molecule has 2 saturated carbocycles. The van der Waals surface area contributed by atoms with Crippen molar-refractivity contribution in [1.82, 2.24) is 0 Å². The number of hydrogen-bond acceptors (Lipinski definition) is 3. The molecule has 33 heavy (non-hydrogen) atoms. The molecule has 180 valence electrons. The van der Waals surface area contributed by atoms with Crippen molar-refractivity contribution in [2.75, 3.05) is 11.5 Å². The Morgan fingerprint density at radius 1 is 0.636 bits per heavy atom. The fourth-order valence-corrected chi connectivity index (χ4v) is 6.30. The van der Waals surface area contributed by atoms with Crippen LogP contribution in [0, 0.1) is 11.8 Å². The largest absolute Gasteiger partial charge is 0.399 e. The van der Waals surface area contributed by atoms with Gasteiger partial charge in [0.2, 0.25) is 0 Å². The molecule has 0 aromatic heterocycles. The second-order valence-electron chi connectivity index (χ2n) is 10.9. The highest BCUT2D eigenvalue weighted by atomic mass is 16.5. The van der Waals surface area contributed by atoms with Gasteiger partial charge >= 0.3 is 0 Å². The van der Waals surface area contributed by atoms with Crippen molar-refractivity contribution in [3.63, 3.8) is 0 Å². The van der Waals surface area contributed by atoms with Gasteiger partial charge in [-0.3, -0.25) is 0 Å². The lowest BCUT2D eigenvalue weighted by molar-refractivity contribution is -0.0994. The number of ether oxygens (including phenoxy) is 1. The van der Waals surface area contributed by atoms with Gasteiger partial charge in [-0.15, -0.1) is 0 Å². The summed E-state index contributed by atoms with van der Waals surface area (Å²) in [4.78, 5) is 0. The van der Waals surface area contributed by atoms with Crippen LogP contribution in [0.2, 0.25) is 0 Å². The number of nitrogen functional groups attached to an aromatic ring is 2. The Morgan fingerprint density at radius 3 is 1.39 bits per heavy atom. The highest BCUT2D eigenvalue weighted by molar-refractivity contribution is 5.40. The fraction of sp³-hybridized carbons (Fsp3) is 0.600. The van der Waals surface area contributed by atoms with Gasteiger partial charge < -0.3 is 16.2 Å². The van der Waals surface area contributed by atoms with Gasteiger partial charge in [-0.25, -0.2) is 0 Å². The quantitative estimate of drug-likeness (QED) is 0.407. The van der Waals surface area contributed by atoms with Crippen LogP contribution < -0.4 is 11.5 Å². The van der Waals surface area contributed by atoms with E-state index in [1.165, 1.54) is 75.3 Å². The molecule has 4 N–H and O–H groups in total.